The quantitative estimate of drug-likeness (QED) is 0.905. The van der Waals surface area contributed by atoms with E-state index in [0.717, 1.165) is 23.8 Å². The molecule has 3 rings (SSSR count). The van der Waals surface area contributed by atoms with Gasteiger partial charge in [-0.2, -0.15) is 0 Å². The molecule has 1 aromatic rings. The molecular weight excluding hydrogens is 286 g/mol. The Morgan fingerprint density at radius 3 is 2.76 bits per heavy atom. The Bertz CT molecular complexity index is 486. The van der Waals surface area contributed by atoms with Crippen molar-refractivity contribution in [1.29, 1.82) is 0 Å². The number of rotatable bonds is 4. The third-order valence-electron chi connectivity index (χ3n) is 4.64. The molecule has 0 aromatic heterocycles. The van der Waals surface area contributed by atoms with E-state index >= 15 is 0 Å². The Labute approximate surface area is 132 Å². The molecule has 0 unspecified atom stereocenters. The summed E-state index contributed by atoms with van der Waals surface area (Å²) in [5, 5.41) is 4.30. The zero-order valence-corrected chi connectivity index (χ0v) is 13.4. The van der Waals surface area contributed by atoms with E-state index in [1.807, 2.05) is 12.1 Å². The molecule has 3 nitrogen and oxygen atoms in total. The maximum atomic E-state index is 6.28. The fourth-order valence-electron chi connectivity index (χ4n) is 3.35. The first-order valence-electron chi connectivity index (χ1n) is 8.05. The van der Waals surface area contributed by atoms with Crippen molar-refractivity contribution in [2.24, 2.45) is 5.92 Å². The van der Waals surface area contributed by atoms with E-state index in [-0.39, 0.29) is 0 Å². The van der Waals surface area contributed by atoms with Crippen molar-refractivity contribution < 1.29 is 9.47 Å². The molecule has 0 radical (unpaired) electrons. The third kappa shape index (κ3) is 3.64. The van der Waals surface area contributed by atoms with Crippen LogP contribution in [0.2, 0.25) is 5.02 Å². The summed E-state index contributed by atoms with van der Waals surface area (Å²) in [5.41, 5.74) is 1.16. The molecular formula is C17H24ClNO2. The van der Waals surface area contributed by atoms with Crippen LogP contribution < -0.4 is 14.8 Å². The van der Waals surface area contributed by atoms with Gasteiger partial charge in [-0.05, 0) is 43.4 Å². The molecule has 1 aliphatic carbocycles. The summed E-state index contributed by atoms with van der Waals surface area (Å²) in [6.45, 7) is 4.30. The SMILES string of the molecule is C[C@@H](NCc1cc(Cl)c2c(c1)OCCO2)C1CCCCC1. The molecule has 4 heteroatoms. The summed E-state index contributed by atoms with van der Waals surface area (Å²) < 4.78 is 11.2. The van der Waals surface area contributed by atoms with Crippen LogP contribution in [-0.4, -0.2) is 19.3 Å². The number of halogens is 1. The normalized spacial score (nSPS) is 20.3. The van der Waals surface area contributed by atoms with Crippen LogP contribution in [0, 0.1) is 5.92 Å². The van der Waals surface area contributed by atoms with Crippen LogP contribution in [0.5, 0.6) is 11.5 Å². The lowest BCUT2D eigenvalue weighted by molar-refractivity contribution is 0.171. The molecule has 2 aliphatic rings. The van der Waals surface area contributed by atoms with Crippen LogP contribution in [-0.2, 0) is 6.54 Å². The summed E-state index contributed by atoms with van der Waals surface area (Å²) in [5.74, 6) is 2.27. The highest BCUT2D eigenvalue weighted by molar-refractivity contribution is 6.32. The van der Waals surface area contributed by atoms with Crippen LogP contribution in [0.25, 0.3) is 0 Å². The van der Waals surface area contributed by atoms with Crippen molar-refractivity contribution in [3.8, 4) is 11.5 Å². The van der Waals surface area contributed by atoms with Gasteiger partial charge in [0.05, 0.1) is 5.02 Å². The summed E-state index contributed by atoms with van der Waals surface area (Å²) in [6, 6.07) is 4.58. The van der Waals surface area contributed by atoms with E-state index in [4.69, 9.17) is 21.1 Å². The number of hydrogen-bond acceptors (Lipinski definition) is 3. The molecule has 116 valence electrons. The fraction of sp³-hybridized carbons (Fsp3) is 0.647. The predicted molar refractivity (Wildman–Crippen MR) is 85.3 cm³/mol. The van der Waals surface area contributed by atoms with Crippen molar-refractivity contribution in [3.05, 3.63) is 22.7 Å². The smallest absolute Gasteiger partial charge is 0.179 e. The van der Waals surface area contributed by atoms with Crippen LogP contribution >= 0.6 is 11.6 Å². The van der Waals surface area contributed by atoms with Gasteiger partial charge in [0.2, 0.25) is 0 Å². The lowest BCUT2D eigenvalue weighted by Gasteiger charge is -2.28. The molecule has 1 N–H and O–H groups in total. The maximum Gasteiger partial charge on any atom is 0.179 e. The monoisotopic (exact) mass is 309 g/mol. The average molecular weight is 310 g/mol. The van der Waals surface area contributed by atoms with Gasteiger partial charge in [-0.3, -0.25) is 0 Å². The molecule has 1 fully saturated rings. The first kappa shape index (κ1) is 15.0. The van der Waals surface area contributed by atoms with Gasteiger partial charge >= 0.3 is 0 Å². The molecule has 21 heavy (non-hydrogen) atoms. The third-order valence-corrected chi connectivity index (χ3v) is 4.92. The molecule has 1 aromatic carbocycles. The first-order chi connectivity index (χ1) is 10.2. The largest absolute Gasteiger partial charge is 0.486 e. The number of benzene rings is 1. The van der Waals surface area contributed by atoms with E-state index in [9.17, 15) is 0 Å². The van der Waals surface area contributed by atoms with E-state index in [0.29, 0.717) is 30.0 Å². The second-order valence-corrected chi connectivity index (χ2v) is 6.58. The molecule has 0 saturated heterocycles. The van der Waals surface area contributed by atoms with E-state index in [1.165, 1.54) is 32.1 Å². The van der Waals surface area contributed by atoms with Gasteiger partial charge < -0.3 is 14.8 Å². The van der Waals surface area contributed by atoms with Crippen LogP contribution in [0.1, 0.15) is 44.6 Å². The lowest BCUT2D eigenvalue weighted by atomic mass is 9.84. The molecule has 1 saturated carbocycles. The Morgan fingerprint density at radius 1 is 1.19 bits per heavy atom. The van der Waals surface area contributed by atoms with E-state index < -0.39 is 0 Å². The second kappa shape index (κ2) is 6.89. The Morgan fingerprint density at radius 2 is 1.95 bits per heavy atom. The van der Waals surface area contributed by atoms with Gasteiger partial charge in [-0.15, -0.1) is 0 Å². The van der Waals surface area contributed by atoms with Crippen LogP contribution in [0.3, 0.4) is 0 Å². The molecule has 1 aliphatic heterocycles. The minimum atomic E-state index is 0.553. The van der Waals surface area contributed by atoms with Crippen molar-refractivity contribution in [1.82, 2.24) is 5.32 Å². The van der Waals surface area contributed by atoms with Crippen LogP contribution in [0.4, 0.5) is 0 Å². The van der Waals surface area contributed by atoms with Gasteiger partial charge in [0, 0.05) is 12.6 Å². The minimum absolute atomic E-state index is 0.553. The topological polar surface area (TPSA) is 30.5 Å². The van der Waals surface area contributed by atoms with Crippen molar-refractivity contribution in [2.75, 3.05) is 13.2 Å². The predicted octanol–water partition coefficient (Wildman–Crippen LogP) is 4.17. The maximum absolute atomic E-state index is 6.28. The summed E-state index contributed by atoms with van der Waals surface area (Å²) >= 11 is 6.28. The first-order valence-corrected chi connectivity index (χ1v) is 8.43. The van der Waals surface area contributed by atoms with Gasteiger partial charge in [0.15, 0.2) is 11.5 Å². The molecule has 0 bridgehead atoms. The number of ether oxygens (including phenoxy) is 2. The van der Waals surface area contributed by atoms with Crippen molar-refractivity contribution >= 4 is 11.6 Å². The standard InChI is InChI=1S/C17H24ClNO2/c1-12(14-5-3-2-4-6-14)19-11-13-9-15(18)17-16(10-13)20-7-8-21-17/h9-10,12,14,19H,2-8,11H2,1H3/t12-/m1/s1. The molecule has 1 heterocycles. The van der Waals surface area contributed by atoms with Gasteiger partial charge in [-0.1, -0.05) is 30.9 Å². The van der Waals surface area contributed by atoms with E-state index in [1.54, 1.807) is 0 Å². The Balaban J connectivity index is 1.61. The Kier molecular flexibility index (Phi) is 4.91. The fourth-order valence-corrected chi connectivity index (χ4v) is 3.63. The van der Waals surface area contributed by atoms with E-state index in [2.05, 4.69) is 12.2 Å². The number of hydrogen-bond donors (Lipinski definition) is 1. The van der Waals surface area contributed by atoms with Crippen molar-refractivity contribution in [2.45, 2.75) is 51.6 Å². The van der Waals surface area contributed by atoms with Crippen LogP contribution in [0.15, 0.2) is 12.1 Å². The highest BCUT2D eigenvalue weighted by atomic mass is 35.5. The molecule has 1 atom stereocenters. The van der Waals surface area contributed by atoms with Gasteiger partial charge in [-0.25, -0.2) is 0 Å². The summed E-state index contributed by atoms with van der Waals surface area (Å²) in [6.07, 6.45) is 6.88. The summed E-state index contributed by atoms with van der Waals surface area (Å²) in [7, 11) is 0. The van der Waals surface area contributed by atoms with Gasteiger partial charge in [0.25, 0.3) is 0 Å². The second-order valence-electron chi connectivity index (χ2n) is 6.17. The molecule has 0 amide bonds. The zero-order valence-electron chi connectivity index (χ0n) is 12.7. The lowest BCUT2D eigenvalue weighted by Crippen LogP contribution is -2.34. The molecule has 0 spiro atoms. The van der Waals surface area contributed by atoms with Crippen molar-refractivity contribution in [3.63, 3.8) is 0 Å². The average Bonchev–Trinajstić information content (AvgIpc) is 2.53. The highest BCUT2D eigenvalue weighted by Crippen LogP contribution is 2.38. The zero-order chi connectivity index (χ0) is 14.7. The summed E-state index contributed by atoms with van der Waals surface area (Å²) in [4.78, 5) is 0. The Hall–Kier alpha value is -0.930. The van der Waals surface area contributed by atoms with Gasteiger partial charge in [0.1, 0.15) is 13.2 Å². The number of fused-ring (bicyclic) bond motifs is 1. The minimum Gasteiger partial charge on any atom is -0.486 e. The highest BCUT2D eigenvalue weighted by Gasteiger charge is 2.20. The number of nitrogens with one attached hydrogen (secondary N) is 1.